The lowest BCUT2D eigenvalue weighted by atomic mass is 9.84. The predicted molar refractivity (Wildman–Crippen MR) is 355 cm³/mol. The Balaban J connectivity index is 0.00000150. The van der Waals surface area contributed by atoms with Crippen LogP contribution < -0.4 is 53.0 Å². The van der Waals surface area contributed by atoms with Gasteiger partial charge in [-0.05, 0) is 180 Å². The van der Waals surface area contributed by atoms with Crippen LogP contribution in [-0.2, 0) is 0 Å². The SMILES string of the molecule is CC.CCCOc1cc(-c2ccc(C(=C(c3ccc(-c4ccc(C=O)c(OCCC)c4)cc3)c3ccc(-c4ccc(C=O)c(OCCC)c4)cc3)c3ccc(-c4ccc(C=O)c(OCCC)c4)cc3)cc2)ccc1C=O.CN.CN.CNN.CNN. The molecule has 0 spiro atoms. The number of hydrogen-bond donors (Lipinski definition) is 6. The minimum atomic E-state index is 0.500. The van der Waals surface area contributed by atoms with Crippen molar-refractivity contribution < 1.29 is 38.1 Å². The number of aldehydes is 4. The van der Waals surface area contributed by atoms with Crippen LogP contribution in [-0.4, -0.2) is 79.8 Å². The van der Waals surface area contributed by atoms with E-state index in [9.17, 15) is 19.2 Å². The highest BCUT2D eigenvalue weighted by Gasteiger charge is 2.19. The van der Waals surface area contributed by atoms with Crippen molar-refractivity contribution in [1.29, 1.82) is 0 Å². The molecule has 0 saturated carbocycles. The Labute approximate surface area is 509 Å². The van der Waals surface area contributed by atoms with Crippen molar-refractivity contribution in [2.75, 3.05) is 54.6 Å². The number of benzene rings is 8. The molecule has 0 radical (unpaired) electrons. The van der Waals surface area contributed by atoms with Crippen LogP contribution in [0.25, 0.3) is 55.7 Å². The Morgan fingerprint density at radius 2 is 0.488 bits per heavy atom. The highest BCUT2D eigenvalue weighted by molar-refractivity contribution is 6.05. The van der Waals surface area contributed by atoms with Gasteiger partial charge in [0, 0.05) is 0 Å². The van der Waals surface area contributed by atoms with Crippen molar-refractivity contribution in [2.24, 2.45) is 23.2 Å². The third kappa shape index (κ3) is 20.2. The fourth-order valence-corrected chi connectivity index (χ4v) is 8.82. The lowest BCUT2D eigenvalue weighted by Crippen LogP contribution is -2.13. The average molecular weight is 1170 g/mol. The van der Waals surface area contributed by atoms with Crippen LogP contribution in [0.2, 0.25) is 0 Å². The van der Waals surface area contributed by atoms with Crippen molar-refractivity contribution in [3.8, 4) is 67.5 Å². The highest BCUT2D eigenvalue weighted by Crippen LogP contribution is 2.41. The zero-order chi connectivity index (χ0) is 63.2. The first kappa shape index (κ1) is 71.4. The summed E-state index contributed by atoms with van der Waals surface area (Å²) in [7, 11) is 6.31. The molecule has 14 heteroatoms. The molecule has 0 amide bonds. The number of hydrazine groups is 2. The maximum Gasteiger partial charge on any atom is 0.153 e. The van der Waals surface area contributed by atoms with E-state index in [0.29, 0.717) is 71.7 Å². The molecule has 14 nitrogen and oxygen atoms in total. The van der Waals surface area contributed by atoms with Gasteiger partial charge in [0.1, 0.15) is 23.0 Å². The molecule has 454 valence electrons. The fourth-order valence-electron chi connectivity index (χ4n) is 8.82. The van der Waals surface area contributed by atoms with E-state index in [1.807, 2.05) is 90.1 Å². The van der Waals surface area contributed by atoms with E-state index in [0.717, 1.165) is 129 Å². The van der Waals surface area contributed by atoms with Crippen LogP contribution in [0.15, 0.2) is 170 Å². The van der Waals surface area contributed by atoms with Crippen molar-refractivity contribution >= 4 is 36.3 Å². The molecule has 0 aromatic heterocycles. The molecular weight excluding hydrogens is 1080 g/mol. The number of ether oxygens (including phenoxy) is 4. The molecule has 86 heavy (non-hydrogen) atoms. The number of nitrogens with one attached hydrogen (secondary N) is 2. The van der Waals surface area contributed by atoms with Crippen LogP contribution in [0.4, 0.5) is 0 Å². The summed E-state index contributed by atoms with van der Waals surface area (Å²) in [6.45, 7) is 14.1. The molecular formula is C72H88N6O8. The van der Waals surface area contributed by atoms with Crippen molar-refractivity contribution in [1.82, 2.24) is 10.9 Å². The quantitative estimate of drug-likeness (QED) is 0.0143. The molecule has 8 aromatic carbocycles. The summed E-state index contributed by atoms with van der Waals surface area (Å²) in [5.41, 5.74) is 28.9. The summed E-state index contributed by atoms with van der Waals surface area (Å²) >= 11 is 0. The summed E-state index contributed by atoms with van der Waals surface area (Å²) in [5, 5.41) is 0. The van der Waals surface area contributed by atoms with Gasteiger partial charge < -0.3 is 30.4 Å². The number of rotatable bonds is 24. The molecule has 0 aliphatic carbocycles. The van der Waals surface area contributed by atoms with Gasteiger partial charge in [-0.2, -0.15) is 0 Å². The van der Waals surface area contributed by atoms with Crippen molar-refractivity contribution in [3.63, 3.8) is 0 Å². The highest BCUT2D eigenvalue weighted by atomic mass is 16.5. The van der Waals surface area contributed by atoms with E-state index in [1.165, 1.54) is 14.1 Å². The molecule has 0 unspecified atom stereocenters. The van der Waals surface area contributed by atoms with Crippen LogP contribution in [0.3, 0.4) is 0 Å². The van der Waals surface area contributed by atoms with Gasteiger partial charge >= 0.3 is 0 Å². The summed E-state index contributed by atoms with van der Waals surface area (Å²) in [6.07, 6.45) is 6.56. The van der Waals surface area contributed by atoms with E-state index in [-0.39, 0.29) is 0 Å². The van der Waals surface area contributed by atoms with Gasteiger partial charge in [-0.25, -0.2) is 0 Å². The number of nitrogens with two attached hydrogens (primary N) is 4. The lowest BCUT2D eigenvalue weighted by Gasteiger charge is -2.20. The topological polar surface area (TPSA) is 233 Å². The zero-order valence-electron chi connectivity index (χ0n) is 51.7. The standard InChI is InChI=1S/C66H60O8.C2H6.2CH6N2.2CH5N/c1-5-33-71-61-37-53(25-29-57(61)41-67)45-9-17-49(18-10-45)65(50-19-11-46(12-20-50)54-26-30-58(42-68)62(38-54)72-34-6-2)66(51-21-13-47(14-22-51)55-27-31-59(43-69)63(39-55)73-35-7-3)52-23-15-48(16-24-52)56-28-32-60(44-70)64(40-56)74-36-8-4;1-2;2*1-3-2;2*1-2/h9-32,37-44H,5-8,33-36H2,1-4H3;1-2H3;2*3H,2H2,1H3;2*2H2,1H3. The largest absolute Gasteiger partial charge is 0.493 e. The first-order chi connectivity index (χ1) is 42.1. The lowest BCUT2D eigenvalue weighted by molar-refractivity contribution is 0.111. The fraction of sp³-hybridized carbons (Fsp3) is 0.250. The molecule has 0 heterocycles. The second-order valence-corrected chi connectivity index (χ2v) is 18.5. The van der Waals surface area contributed by atoms with E-state index >= 15 is 0 Å². The van der Waals surface area contributed by atoms with Gasteiger partial charge in [-0.15, -0.1) is 0 Å². The van der Waals surface area contributed by atoms with Gasteiger partial charge in [0.15, 0.2) is 25.1 Å². The monoisotopic (exact) mass is 1160 g/mol. The van der Waals surface area contributed by atoms with E-state index in [2.05, 4.69) is 131 Å². The first-order valence-electron chi connectivity index (χ1n) is 29.1. The number of carbonyl (C=O) groups excluding carboxylic acids is 4. The van der Waals surface area contributed by atoms with Gasteiger partial charge in [-0.1, -0.05) is 163 Å². The van der Waals surface area contributed by atoms with Gasteiger partial charge in [-0.3, -0.25) is 41.7 Å². The van der Waals surface area contributed by atoms with E-state index < -0.39 is 0 Å². The third-order valence-electron chi connectivity index (χ3n) is 12.7. The zero-order valence-corrected chi connectivity index (χ0v) is 51.7. The number of hydrogen-bond acceptors (Lipinski definition) is 14. The Hall–Kier alpha value is -8.86. The molecule has 0 fully saturated rings. The predicted octanol–water partition coefficient (Wildman–Crippen LogP) is 14.1. The maximum atomic E-state index is 12.0. The Morgan fingerprint density at radius 3 is 0.640 bits per heavy atom. The smallest absolute Gasteiger partial charge is 0.153 e. The minimum absolute atomic E-state index is 0.500. The van der Waals surface area contributed by atoms with Gasteiger partial charge in [0.05, 0.1) is 48.7 Å². The van der Waals surface area contributed by atoms with Crippen molar-refractivity contribution in [3.05, 3.63) is 214 Å². The molecule has 0 aliphatic rings. The molecule has 8 rings (SSSR count). The maximum absolute atomic E-state index is 12.0. The molecule has 0 aliphatic heterocycles. The Bertz CT molecular complexity index is 2890. The number of carbonyl (C=O) groups is 4. The molecule has 0 saturated heterocycles. The minimum Gasteiger partial charge on any atom is -0.493 e. The molecule has 0 atom stereocenters. The van der Waals surface area contributed by atoms with Crippen LogP contribution in [0.1, 0.15) is 131 Å². The van der Waals surface area contributed by atoms with Crippen molar-refractivity contribution in [2.45, 2.75) is 67.2 Å². The van der Waals surface area contributed by atoms with Crippen LogP contribution >= 0.6 is 0 Å². The summed E-state index contributed by atoms with van der Waals surface area (Å²) in [4.78, 5) is 47.8. The normalized spacial score (nSPS) is 9.93. The summed E-state index contributed by atoms with van der Waals surface area (Å²) in [5.74, 6) is 11.4. The Kier molecular flexibility index (Phi) is 33.6. The second-order valence-electron chi connectivity index (χ2n) is 18.5. The summed E-state index contributed by atoms with van der Waals surface area (Å²) in [6, 6.07) is 56.6. The van der Waals surface area contributed by atoms with E-state index in [1.54, 1.807) is 38.4 Å². The second kappa shape index (κ2) is 40.4. The molecule has 0 bridgehead atoms. The van der Waals surface area contributed by atoms with Crippen LogP contribution in [0.5, 0.6) is 23.0 Å². The Morgan fingerprint density at radius 1 is 0.326 bits per heavy atom. The third-order valence-corrected chi connectivity index (χ3v) is 12.7. The van der Waals surface area contributed by atoms with Gasteiger partial charge in [0.2, 0.25) is 0 Å². The van der Waals surface area contributed by atoms with E-state index in [4.69, 9.17) is 18.9 Å². The molecule has 10 N–H and O–H groups in total. The van der Waals surface area contributed by atoms with Gasteiger partial charge in [0.25, 0.3) is 0 Å². The molecule has 8 aromatic rings. The van der Waals surface area contributed by atoms with Crippen LogP contribution in [0, 0.1) is 0 Å². The average Bonchev–Trinajstić information content (AvgIpc) is 3.31. The first-order valence-corrected chi connectivity index (χ1v) is 29.1. The summed E-state index contributed by atoms with van der Waals surface area (Å²) < 4.78 is 24.0.